The van der Waals surface area contributed by atoms with Crippen LogP contribution < -0.4 is 0 Å². The third-order valence-corrected chi connectivity index (χ3v) is 3.97. The van der Waals surface area contributed by atoms with Gasteiger partial charge in [0.05, 0.1) is 5.52 Å². The number of likely N-dealkylation sites (N-methyl/N-ethyl adjacent to an activating group) is 1. The number of carbonyl (C=O) groups is 1. The van der Waals surface area contributed by atoms with Crippen LogP contribution in [0.15, 0.2) is 12.1 Å². The van der Waals surface area contributed by atoms with E-state index in [-0.39, 0.29) is 5.91 Å². The fourth-order valence-electron chi connectivity index (χ4n) is 3.16. The van der Waals surface area contributed by atoms with Crippen molar-refractivity contribution in [2.24, 2.45) is 7.05 Å². The molecule has 3 nitrogen and oxygen atoms in total. The molecule has 0 aliphatic carbocycles. The van der Waals surface area contributed by atoms with Gasteiger partial charge in [0, 0.05) is 26.0 Å². The van der Waals surface area contributed by atoms with Gasteiger partial charge in [-0.2, -0.15) is 0 Å². The fraction of sp³-hybridized carbons (Fsp3) is 0.400. The van der Waals surface area contributed by atoms with Gasteiger partial charge in [-0.15, -0.1) is 0 Å². The van der Waals surface area contributed by atoms with Gasteiger partial charge in [0.15, 0.2) is 0 Å². The molecule has 0 atom stereocenters. The Bertz CT molecular complexity index is 667. The maximum atomic E-state index is 12.3. The van der Waals surface area contributed by atoms with Crippen molar-refractivity contribution in [3.8, 4) is 0 Å². The Morgan fingerprint density at radius 2 is 1.89 bits per heavy atom. The van der Waals surface area contributed by atoms with E-state index < -0.39 is 0 Å². The Hall–Kier alpha value is -1.77. The lowest BCUT2D eigenvalue weighted by Gasteiger charge is -2.23. The maximum absolute atomic E-state index is 12.3. The van der Waals surface area contributed by atoms with Crippen LogP contribution >= 0.6 is 0 Å². The lowest BCUT2D eigenvalue weighted by Crippen LogP contribution is -2.35. The van der Waals surface area contributed by atoms with E-state index in [0.717, 1.165) is 18.7 Å². The van der Waals surface area contributed by atoms with Crippen LogP contribution in [-0.4, -0.2) is 29.0 Å². The Balaban J connectivity index is 2.44. The highest BCUT2D eigenvalue weighted by molar-refractivity contribution is 6.03. The van der Waals surface area contributed by atoms with Gasteiger partial charge in [0.25, 0.3) is 5.91 Å². The van der Waals surface area contributed by atoms with Gasteiger partial charge in [0.1, 0.15) is 5.69 Å². The number of fused-ring (bicyclic) bond motifs is 3. The number of rotatable bonds is 0. The van der Waals surface area contributed by atoms with Crippen molar-refractivity contribution >= 4 is 16.8 Å². The van der Waals surface area contributed by atoms with Gasteiger partial charge in [-0.1, -0.05) is 11.6 Å². The summed E-state index contributed by atoms with van der Waals surface area (Å²) in [6.45, 7) is 5.05. The molecule has 0 saturated heterocycles. The number of hydrogen-bond acceptors (Lipinski definition) is 1. The first-order chi connectivity index (χ1) is 8.50. The fourth-order valence-corrected chi connectivity index (χ4v) is 3.16. The molecule has 0 spiro atoms. The molecule has 1 amide bonds. The van der Waals surface area contributed by atoms with Crippen LogP contribution in [0, 0.1) is 13.8 Å². The molecule has 2 heterocycles. The zero-order valence-electron chi connectivity index (χ0n) is 11.4. The summed E-state index contributed by atoms with van der Waals surface area (Å²) in [7, 11) is 3.88. The predicted octanol–water partition coefficient (Wildman–Crippen LogP) is 2.42. The molecule has 1 aliphatic rings. The minimum absolute atomic E-state index is 0.145. The average Bonchev–Trinajstić information content (AvgIpc) is 2.58. The van der Waals surface area contributed by atoms with Crippen LogP contribution in [0.25, 0.3) is 10.9 Å². The lowest BCUT2D eigenvalue weighted by molar-refractivity contribution is 0.0771. The van der Waals surface area contributed by atoms with Gasteiger partial charge in [0.2, 0.25) is 0 Å². The standard InChI is InChI=1S/C15H18N2O/c1-9-7-10(2)13-12(8-9)11-5-6-16(3)15(18)14(11)17(13)4/h7-8H,5-6H2,1-4H3. The largest absolute Gasteiger partial charge is 0.340 e. The van der Waals surface area contributed by atoms with Crippen molar-refractivity contribution in [2.75, 3.05) is 13.6 Å². The van der Waals surface area contributed by atoms with Gasteiger partial charge >= 0.3 is 0 Å². The van der Waals surface area contributed by atoms with Gasteiger partial charge in [-0.25, -0.2) is 0 Å². The third kappa shape index (κ3) is 1.33. The van der Waals surface area contributed by atoms with E-state index in [4.69, 9.17) is 0 Å². The van der Waals surface area contributed by atoms with Crippen LogP contribution in [0.2, 0.25) is 0 Å². The van der Waals surface area contributed by atoms with Gasteiger partial charge in [-0.05, 0) is 37.5 Å². The van der Waals surface area contributed by atoms with Gasteiger partial charge in [-0.3, -0.25) is 4.79 Å². The highest BCUT2D eigenvalue weighted by Gasteiger charge is 2.28. The number of benzene rings is 1. The Labute approximate surface area is 107 Å². The molecular weight excluding hydrogens is 224 g/mol. The predicted molar refractivity (Wildman–Crippen MR) is 73.1 cm³/mol. The number of amides is 1. The van der Waals surface area contributed by atoms with E-state index in [0.29, 0.717) is 0 Å². The highest BCUT2D eigenvalue weighted by Crippen LogP contribution is 2.32. The molecule has 3 heteroatoms. The van der Waals surface area contributed by atoms with Crippen LogP contribution in [-0.2, 0) is 13.5 Å². The topological polar surface area (TPSA) is 25.2 Å². The average molecular weight is 242 g/mol. The molecule has 3 rings (SSSR count). The molecule has 0 radical (unpaired) electrons. The molecular formula is C15H18N2O. The van der Waals surface area contributed by atoms with Crippen molar-refractivity contribution in [3.63, 3.8) is 0 Å². The Morgan fingerprint density at radius 3 is 2.61 bits per heavy atom. The maximum Gasteiger partial charge on any atom is 0.270 e. The summed E-state index contributed by atoms with van der Waals surface area (Å²) in [5.74, 6) is 0.145. The first-order valence-corrected chi connectivity index (χ1v) is 6.34. The number of carbonyl (C=O) groups excluding carboxylic acids is 1. The molecule has 0 saturated carbocycles. The quantitative estimate of drug-likeness (QED) is 0.696. The number of aromatic nitrogens is 1. The highest BCUT2D eigenvalue weighted by atomic mass is 16.2. The van der Waals surface area contributed by atoms with Crippen LogP contribution in [0.4, 0.5) is 0 Å². The summed E-state index contributed by atoms with van der Waals surface area (Å²) in [4.78, 5) is 14.1. The zero-order chi connectivity index (χ0) is 13.0. The monoisotopic (exact) mass is 242 g/mol. The first kappa shape index (κ1) is 11.3. The van der Waals surface area contributed by atoms with Crippen molar-refractivity contribution < 1.29 is 4.79 Å². The summed E-state index contributed by atoms with van der Waals surface area (Å²) in [5.41, 5.74) is 5.81. The van der Waals surface area contributed by atoms with E-state index in [9.17, 15) is 4.79 Å². The molecule has 1 aliphatic heterocycles. The molecule has 2 aromatic rings. The molecule has 0 fully saturated rings. The summed E-state index contributed by atoms with van der Waals surface area (Å²) >= 11 is 0. The van der Waals surface area contributed by atoms with E-state index >= 15 is 0 Å². The van der Waals surface area contributed by atoms with E-state index in [1.54, 1.807) is 0 Å². The number of nitrogens with zero attached hydrogens (tertiary/aromatic N) is 2. The minimum atomic E-state index is 0.145. The second-order valence-electron chi connectivity index (χ2n) is 5.34. The smallest absolute Gasteiger partial charge is 0.270 e. The summed E-state index contributed by atoms with van der Waals surface area (Å²) in [5, 5.41) is 1.26. The molecule has 1 aromatic heterocycles. The molecule has 0 unspecified atom stereocenters. The summed E-state index contributed by atoms with van der Waals surface area (Å²) in [6.07, 6.45) is 0.956. The number of hydrogen-bond donors (Lipinski definition) is 0. The van der Waals surface area contributed by atoms with Crippen molar-refractivity contribution in [2.45, 2.75) is 20.3 Å². The van der Waals surface area contributed by atoms with E-state index in [1.807, 2.05) is 19.0 Å². The van der Waals surface area contributed by atoms with Crippen LogP contribution in [0.1, 0.15) is 27.2 Å². The molecule has 0 N–H and O–H groups in total. The third-order valence-electron chi connectivity index (χ3n) is 3.97. The first-order valence-electron chi connectivity index (χ1n) is 6.34. The molecule has 18 heavy (non-hydrogen) atoms. The molecule has 0 bridgehead atoms. The summed E-state index contributed by atoms with van der Waals surface area (Å²) < 4.78 is 2.07. The summed E-state index contributed by atoms with van der Waals surface area (Å²) in [6, 6.07) is 4.39. The SMILES string of the molecule is Cc1cc(C)c2c(c1)c1c(n2C)C(=O)N(C)CC1. The zero-order valence-corrected chi connectivity index (χ0v) is 11.4. The normalized spacial score (nSPS) is 15.3. The van der Waals surface area contributed by atoms with Gasteiger partial charge < -0.3 is 9.47 Å². The second kappa shape index (κ2) is 3.61. The van der Waals surface area contributed by atoms with Crippen LogP contribution in [0.3, 0.4) is 0 Å². The second-order valence-corrected chi connectivity index (χ2v) is 5.34. The minimum Gasteiger partial charge on any atom is -0.340 e. The Morgan fingerprint density at radius 1 is 1.17 bits per heavy atom. The Kier molecular flexibility index (Phi) is 2.27. The van der Waals surface area contributed by atoms with E-state index in [1.165, 1.54) is 27.6 Å². The van der Waals surface area contributed by atoms with Crippen molar-refractivity contribution in [1.29, 1.82) is 0 Å². The number of aryl methyl sites for hydroxylation is 3. The van der Waals surface area contributed by atoms with Crippen LogP contribution in [0.5, 0.6) is 0 Å². The van der Waals surface area contributed by atoms with Crippen molar-refractivity contribution in [1.82, 2.24) is 9.47 Å². The molecule has 94 valence electrons. The lowest BCUT2D eigenvalue weighted by atomic mass is 10.0. The van der Waals surface area contributed by atoms with E-state index in [2.05, 4.69) is 30.5 Å². The molecule has 1 aromatic carbocycles. The van der Waals surface area contributed by atoms with Crippen molar-refractivity contribution in [3.05, 3.63) is 34.5 Å².